The van der Waals surface area contributed by atoms with E-state index in [2.05, 4.69) is 10.3 Å². The molecule has 0 spiro atoms. The average Bonchev–Trinajstić information content (AvgIpc) is 2.92. The fraction of sp³-hybridized carbons (Fsp3) is 0.429. The molecule has 20 heavy (non-hydrogen) atoms. The zero-order valence-corrected chi connectivity index (χ0v) is 12.9. The third-order valence-electron chi connectivity index (χ3n) is 2.93. The van der Waals surface area contributed by atoms with Crippen LogP contribution in [0.25, 0.3) is 0 Å². The van der Waals surface area contributed by atoms with E-state index in [1.807, 2.05) is 43.4 Å². The highest BCUT2D eigenvalue weighted by Gasteiger charge is 2.13. The van der Waals surface area contributed by atoms with Gasteiger partial charge in [-0.3, -0.25) is 9.36 Å². The standard InChI is InChI=1S/C14H20N4OS/c1-4-7-18-10-16-13(17(2)3)12(14(18)19)15-9-11-6-5-8-20-11/h5-6,8,10,15H,4,7,9H2,1-3H3. The molecule has 2 aromatic heterocycles. The summed E-state index contributed by atoms with van der Waals surface area (Å²) < 4.78 is 1.66. The Bertz CT molecular complexity index is 604. The lowest BCUT2D eigenvalue weighted by molar-refractivity contribution is 0.641. The summed E-state index contributed by atoms with van der Waals surface area (Å²) >= 11 is 1.67. The number of aryl methyl sites for hydroxylation is 1. The molecule has 0 saturated heterocycles. The SMILES string of the molecule is CCCn1cnc(N(C)C)c(NCc2cccs2)c1=O. The number of hydrogen-bond acceptors (Lipinski definition) is 5. The number of nitrogens with zero attached hydrogens (tertiary/aromatic N) is 3. The van der Waals surface area contributed by atoms with Gasteiger partial charge in [-0.25, -0.2) is 4.98 Å². The van der Waals surface area contributed by atoms with E-state index in [0.29, 0.717) is 24.6 Å². The third kappa shape index (κ3) is 3.19. The Morgan fingerprint density at radius 1 is 1.45 bits per heavy atom. The van der Waals surface area contributed by atoms with Crippen molar-refractivity contribution in [2.45, 2.75) is 26.4 Å². The molecule has 2 heterocycles. The molecule has 0 unspecified atom stereocenters. The van der Waals surface area contributed by atoms with Gasteiger partial charge in [-0.15, -0.1) is 11.3 Å². The van der Waals surface area contributed by atoms with Crippen LogP contribution in [0.5, 0.6) is 0 Å². The smallest absolute Gasteiger partial charge is 0.278 e. The number of anilines is 2. The van der Waals surface area contributed by atoms with Crippen LogP contribution in [-0.4, -0.2) is 23.6 Å². The summed E-state index contributed by atoms with van der Waals surface area (Å²) in [6.45, 7) is 3.38. The van der Waals surface area contributed by atoms with Gasteiger partial charge < -0.3 is 10.2 Å². The van der Waals surface area contributed by atoms with Crippen LogP contribution in [0.2, 0.25) is 0 Å². The van der Waals surface area contributed by atoms with Crippen molar-refractivity contribution in [1.29, 1.82) is 0 Å². The first-order chi connectivity index (χ1) is 9.63. The van der Waals surface area contributed by atoms with Gasteiger partial charge in [0.05, 0.1) is 6.33 Å². The van der Waals surface area contributed by atoms with Gasteiger partial charge in [0.15, 0.2) is 5.82 Å². The Balaban J connectivity index is 2.31. The lowest BCUT2D eigenvalue weighted by atomic mass is 10.3. The maximum absolute atomic E-state index is 12.5. The number of rotatable bonds is 6. The molecule has 5 nitrogen and oxygen atoms in total. The van der Waals surface area contributed by atoms with E-state index in [1.165, 1.54) is 4.88 Å². The molecule has 6 heteroatoms. The molecule has 0 atom stereocenters. The molecule has 0 fully saturated rings. The predicted octanol–water partition coefficient (Wildman–Crippen LogP) is 2.39. The van der Waals surface area contributed by atoms with Crippen molar-refractivity contribution in [3.05, 3.63) is 39.1 Å². The topological polar surface area (TPSA) is 50.2 Å². The number of nitrogens with one attached hydrogen (secondary N) is 1. The maximum Gasteiger partial charge on any atom is 0.278 e. The van der Waals surface area contributed by atoms with Gasteiger partial charge in [-0.1, -0.05) is 13.0 Å². The highest BCUT2D eigenvalue weighted by molar-refractivity contribution is 7.09. The average molecular weight is 292 g/mol. The molecule has 0 aliphatic carbocycles. The largest absolute Gasteiger partial charge is 0.373 e. The van der Waals surface area contributed by atoms with Crippen LogP contribution < -0.4 is 15.8 Å². The van der Waals surface area contributed by atoms with E-state index >= 15 is 0 Å². The summed E-state index contributed by atoms with van der Waals surface area (Å²) in [6.07, 6.45) is 2.53. The van der Waals surface area contributed by atoms with Crippen molar-refractivity contribution in [1.82, 2.24) is 9.55 Å². The molecule has 108 valence electrons. The van der Waals surface area contributed by atoms with Crippen LogP contribution in [-0.2, 0) is 13.1 Å². The van der Waals surface area contributed by atoms with Crippen molar-refractivity contribution in [2.75, 3.05) is 24.3 Å². The fourth-order valence-corrected chi connectivity index (χ4v) is 2.61. The quantitative estimate of drug-likeness (QED) is 0.888. The van der Waals surface area contributed by atoms with Gasteiger partial charge in [-0.2, -0.15) is 0 Å². The summed E-state index contributed by atoms with van der Waals surface area (Å²) in [7, 11) is 3.78. The third-order valence-corrected chi connectivity index (χ3v) is 3.80. The molecular formula is C14H20N4OS. The molecule has 0 aromatic carbocycles. The van der Waals surface area contributed by atoms with Crippen LogP contribution in [0.4, 0.5) is 11.5 Å². The second-order valence-electron chi connectivity index (χ2n) is 4.77. The minimum Gasteiger partial charge on any atom is -0.373 e. The van der Waals surface area contributed by atoms with Crippen LogP contribution in [0.1, 0.15) is 18.2 Å². The highest BCUT2D eigenvalue weighted by atomic mass is 32.1. The van der Waals surface area contributed by atoms with Crippen molar-refractivity contribution in [2.24, 2.45) is 0 Å². The van der Waals surface area contributed by atoms with Gasteiger partial charge >= 0.3 is 0 Å². The Hall–Kier alpha value is -1.82. The van der Waals surface area contributed by atoms with Crippen LogP contribution in [0, 0.1) is 0 Å². The highest BCUT2D eigenvalue weighted by Crippen LogP contribution is 2.18. The lowest BCUT2D eigenvalue weighted by Crippen LogP contribution is -2.27. The van der Waals surface area contributed by atoms with Gasteiger partial charge in [-0.05, 0) is 17.9 Å². The van der Waals surface area contributed by atoms with Crippen LogP contribution >= 0.6 is 11.3 Å². The molecular weight excluding hydrogens is 272 g/mol. The minimum atomic E-state index is -0.0119. The zero-order valence-electron chi connectivity index (χ0n) is 12.1. The number of thiophene rings is 1. The Morgan fingerprint density at radius 2 is 2.25 bits per heavy atom. The van der Waals surface area contributed by atoms with Gasteiger partial charge in [0.25, 0.3) is 5.56 Å². The molecule has 0 radical (unpaired) electrons. The molecule has 1 N–H and O–H groups in total. The second-order valence-corrected chi connectivity index (χ2v) is 5.80. The van der Waals surface area contributed by atoms with Crippen LogP contribution in [0.15, 0.2) is 28.6 Å². The molecule has 0 aliphatic heterocycles. The van der Waals surface area contributed by atoms with E-state index in [0.717, 1.165) is 6.42 Å². The first kappa shape index (κ1) is 14.6. The van der Waals surface area contributed by atoms with E-state index in [4.69, 9.17) is 0 Å². The Kier molecular flexibility index (Phi) is 4.79. The lowest BCUT2D eigenvalue weighted by Gasteiger charge is -2.17. The van der Waals surface area contributed by atoms with E-state index in [1.54, 1.807) is 22.2 Å². The molecule has 0 saturated carbocycles. The maximum atomic E-state index is 12.5. The van der Waals surface area contributed by atoms with Crippen molar-refractivity contribution in [3.63, 3.8) is 0 Å². The fourth-order valence-electron chi connectivity index (χ4n) is 1.96. The number of hydrogen-bond donors (Lipinski definition) is 1. The molecule has 0 aliphatic rings. The van der Waals surface area contributed by atoms with Crippen molar-refractivity contribution in [3.8, 4) is 0 Å². The van der Waals surface area contributed by atoms with Crippen LogP contribution in [0.3, 0.4) is 0 Å². The Morgan fingerprint density at radius 3 is 2.85 bits per heavy atom. The van der Waals surface area contributed by atoms with E-state index in [9.17, 15) is 4.79 Å². The molecule has 0 bridgehead atoms. The molecule has 0 amide bonds. The van der Waals surface area contributed by atoms with Gasteiger partial charge in [0.1, 0.15) is 5.69 Å². The first-order valence-corrected chi connectivity index (χ1v) is 7.54. The normalized spacial score (nSPS) is 10.6. The van der Waals surface area contributed by atoms with Crippen molar-refractivity contribution >= 4 is 22.8 Å². The second kappa shape index (κ2) is 6.56. The summed E-state index contributed by atoms with van der Waals surface area (Å²) in [5.41, 5.74) is 0.557. The summed E-state index contributed by atoms with van der Waals surface area (Å²) in [5, 5.41) is 5.27. The summed E-state index contributed by atoms with van der Waals surface area (Å²) in [4.78, 5) is 19.9. The first-order valence-electron chi connectivity index (χ1n) is 6.66. The van der Waals surface area contributed by atoms with E-state index in [-0.39, 0.29) is 5.56 Å². The molecule has 2 aromatic rings. The number of aromatic nitrogens is 2. The van der Waals surface area contributed by atoms with Crippen molar-refractivity contribution < 1.29 is 0 Å². The zero-order chi connectivity index (χ0) is 14.5. The predicted molar refractivity (Wildman–Crippen MR) is 84.8 cm³/mol. The van der Waals surface area contributed by atoms with Gasteiger partial charge in [0.2, 0.25) is 0 Å². The van der Waals surface area contributed by atoms with E-state index < -0.39 is 0 Å². The molecule has 2 rings (SSSR count). The summed E-state index contributed by atoms with van der Waals surface area (Å²) in [6, 6.07) is 4.06. The van der Waals surface area contributed by atoms with Gasteiger partial charge in [0, 0.05) is 32.1 Å². The minimum absolute atomic E-state index is 0.0119. The monoisotopic (exact) mass is 292 g/mol. The Labute approximate surface area is 122 Å². The summed E-state index contributed by atoms with van der Waals surface area (Å²) in [5.74, 6) is 0.680.